The predicted molar refractivity (Wildman–Crippen MR) is 57.1 cm³/mol. The quantitative estimate of drug-likeness (QED) is 0.830. The summed E-state index contributed by atoms with van der Waals surface area (Å²) < 4.78 is 12.7. The van der Waals surface area contributed by atoms with Gasteiger partial charge in [-0.05, 0) is 18.2 Å². The molecule has 0 spiro atoms. The number of hydrogen-bond donors (Lipinski definition) is 1. The lowest BCUT2D eigenvalue weighted by Gasteiger charge is -2.06. The van der Waals surface area contributed by atoms with E-state index in [-0.39, 0.29) is 10.7 Å². The molecule has 0 aliphatic carbocycles. The van der Waals surface area contributed by atoms with E-state index in [4.69, 9.17) is 0 Å². The number of halogens is 2. The maximum absolute atomic E-state index is 12.7. The van der Waals surface area contributed by atoms with Crippen molar-refractivity contribution in [3.05, 3.63) is 35.6 Å². The van der Waals surface area contributed by atoms with E-state index in [9.17, 15) is 9.18 Å². The van der Waals surface area contributed by atoms with Gasteiger partial charge in [-0.2, -0.15) is 0 Å². The highest BCUT2D eigenvalue weighted by Gasteiger charge is 2.06. The molecule has 1 atom stereocenters. The summed E-state index contributed by atoms with van der Waals surface area (Å²) in [6.45, 7) is 2.45. The Hall–Kier alpha value is -0.900. The maximum Gasteiger partial charge on any atom is 0.251 e. The molecule has 14 heavy (non-hydrogen) atoms. The summed E-state index contributed by atoms with van der Waals surface area (Å²) >= 11 is 3.30. The number of amides is 1. The van der Waals surface area contributed by atoms with Crippen LogP contribution in [0.5, 0.6) is 0 Å². The van der Waals surface area contributed by atoms with E-state index in [1.165, 1.54) is 18.2 Å². The average molecular weight is 260 g/mol. The molecule has 1 rings (SSSR count). The van der Waals surface area contributed by atoms with Crippen molar-refractivity contribution in [1.82, 2.24) is 5.32 Å². The zero-order chi connectivity index (χ0) is 10.6. The normalized spacial score (nSPS) is 12.2. The van der Waals surface area contributed by atoms with Gasteiger partial charge in [0.2, 0.25) is 0 Å². The molecule has 0 saturated heterocycles. The van der Waals surface area contributed by atoms with E-state index >= 15 is 0 Å². The van der Waals surface area contributed by atoms with Gasteiger partial charge in [0.05, 0.1) is 0 Å². The highest BCUT2D eigenvalue weighted by atomic mass is 79.9. The number of alkyl halides is 1. The molecule has 0 heterocycles. The van der Waals surface area contributed by atoms with Crippen molar-refractivity contribution in [2.75, 3.05) is 6.54 Å². The Bertz CT molecular complexity index is 328. The fraction of sp³-hybridized carbons (Fsp3) is 0.300. The molecule has 0 aromatic heterocycles. The van der Waals surface area contributed by atoms with Crippen molar-refractivity contribution >= 4 is 21.8 Å². The van der Waals surface area contributed by atoms with Crippen LogP contribution in [0.1, 0.15) is 17.3 Å². The van der Waals surface area contributed by atoms with Crippen molar-refractivity contribution in [1.29, 1.82) is 0 Å². The first-order valence-corrected chi connectivity index (χ1v) is 5.19. The van der Waals surface area contributed by atoms with Crippen LogP contribution in [0.3, 0.4) is 0 Å². The number of nitrogens with one attached hydrogen (secondary N) is 1. The molecule has 0 saturated carbocycles. The number of carbonyl (C=O) groups is 1. The van der Waals surface area contributed by atoms with Gasteiger partial charge in [-0.3, -0.25) is 4.79 Å². The molecule has 1 amide bonds. The Labute approximate surface area is 90.6 Å². The standard InChI is InChI=1S/C10H11BrFNO/c1-7(11)6-13-10(14)8-3-2-4-9(12)5-8/h2-5,7H,6H2,1H3,(H,13,14). The van der Waals surface area contributed by atoms with Crippen LogP contribution in [0.2, 0.25) is 0 Å². The SMILES string of the molecule is CC(Br)CNC(=O)c1cccc(F)c1. The van der Waals surface area contributed by atoms with Crippen LogP contribution in [-0.2, 0) is 0 Å². The smallest absolute Gasteiger partial charge is 0.251 e. The van der Waals surface area contributed by atoms with Gasteiger partial charge in [0.25, 0.3) is 5.91 Å². The molecule has 0 aliphatic rings. The Morgan fingerprint density at radius 2 is 2.36 bits per heavy atom. The van der Waals surface area contributed by atoms with E-state index in [0.717, 1.165) is 0 Å². The van der Waals surface area contributed by atoms with Crippen molar-refractivity contribution in [2.24, 2.45) is 0 Å². The van der Waals surface area contributed by atoms with Gasteiger partial charge in [-0.15, -0.1) is 0 Å². The molecule has 2 nitrogen and oxygen atoms in total. The minimum Gasteiger partial charge on any atom is -0.351 e. The van der Waals surface area contributed by atoms with Gasteiger partial charge >= 0.3 is 0 Å². The van der Waals surface area contributed by atoms with Crippen LogP contribution in [0, 0.1) is 5.82 Å². The van der Waals surface area contributed by atoms with Gasteiger partial charge in [-0.1, -0.05) is 28.9 Å². The lowest BCUT2D eigenvalue weighted by atomic mass is 10.2. The topological polar surface area (TPSA) is 29.1 Å². The van der Waals surface area contributed by atoms with Crippen LogP contribution in [-0.4, -0.2) is 17.3 Å². The molecule has 1 aromatic carbocycles. The van der Waals surface area contributed by atoms with Crippen LogP contribution < -0.4 is 5.32 Å². The van der Waals surface area contributed by atoms with Crippen LogP contribution in [0.25, 0.3) is 0 Å². The highest BCUT2D eigenvalue weighted by Crippen LogP contribution is 2.03. The lowest BCUT2D eigenvalue weighted by molar-refractivity contribution is 0.0954. The molecule has 1 aromatic rings. The van der Waals surface area contributed by atoms with Gasteiger partial charge < -0.3 is 5.32 Å². The van der Waals surface area contributed by atoms with Gasteiger partial charge in [0.15, 0.2) is 0 Å². The molecule has 1 N–H and O–H groups in total. The second-order valence-corrected chi connectivity index (χ2v) is 4.56. The van der Waals surface area contributed by atoms with Crippen molar-refractivity contribution < 1.29 is 9.18 Å². The third-order valence-corrected chi connectivity index (χ3v) is 1.95. The van der Waals surface area contributed by atoms with E-state index in [2.05, 4.69) is 21.2 Å². The molecule has 0 fully saturated rings. The summed E-state index contributed by atoms with van der Waals surface area (Å²) in [5.74, 6) is -0.652. The van der Waals surface area contributed by atoms with E-state index < -0.39 is 5.82 Å². The lowest BCUT2D eigenvalue weighted by Crippen LogP contribution is -2.28. The maximum atomic E-state index is 12.7. The highest BCUT2D eigenvalue weighted by molar-refractivity contribution is 9.09. The van der Waals surface area contributed by atoms with Crippen LogP contribution >= 0.6 is 15.9 Å². The van der Waals surface area contributed by atoms with Crippen LogP contribution in [0.15, 0.2) is 24.3 Å². The average Bonchev–Trinajstić information content (AvgIpc) is 2.14. The first kappa shape index (κ1) is 11.2. The first-order chi connectivity index (χ1) is 6.59. The van der Waals surface area contributed by atoms with Crippen LogP contribution in [0.4, 0.5) is 4.39 Å². The summed E-state index contributed by atoms with van der Waals surface area (Å²) in [4.78, 5) is 11.6. The minimum absolute atomic E-state index is 0.208. The second-order valence-electron chi connectivity index (χ2n) is 3.00. The third kappa shape index (κ3) is 3.46. The fourth-order valence-corrected chi connectivity index (χ4v) is 1.13. The molecular formula is C10H11BrFNO. The molecule has 0 aliphatic heterocycles. The van der Waals surface area contributed by atoms with E-state index in [0.29, 0.717) is 12.1 Å². The number of benzene rings is 1. The monoisotopic (exact) mass is 259 g/mol. The summed E-state index contributed by atoms with van der Waals surface area (Å²) in [7, 11) is 0. The Morgan fingerprint density at radius 1 is 1.64 bits per heavy atom. The zero-order valence-corrected chi connectivity index (χ0v) is 9.34. The summed E-state index contributed by atoms with van der Waals surface area (Å²) in [6.07, 6.45) is 0. The molecule has 0 bridgehead atoms. The number of hydrogen-bond acceptors (Lipinski definition) is 1. The number of carbonyl (C=O) groups excluding carboxylic acids is 1. The number of rotatable bonds is 3. The molecule has 4 heteroatoms. The Morgan fingerprint density at radius 3 is 2.93 bits per heavy atom. The Kier molecular flexibility index (Phi) is 4.07. The minimum atomic E-state index is -0.399. The van der Waals surface area contributed by atoms with E-state index in [1.54, 1.807) is 6.07 Å². The summed E-state index contributed by atoms with van der Waals surface area (Å²) in [5.41, 5.74) is 0.346. The van der Waals surface area contributed by atoms with Gasteiger partial charge in [0, 0.05) is 16.9 Å². The fourth-order valence-electron chi connectivity index (χ4n) is 0.965. The second kappa shape index (κ2) is 5.10. The molecule has 76 valence electrons. The largest absolute Gasteiger partial charge is 0.351 e. The van der Waals surface area contributed by atoms with Gasteiger partial charge in [-0.25, -0.2) is 4.39 Å². The van der Waals surface area contributed by atoms with E-state index in [1.807, 2.05) is 6.92 Å². The predicted octanol–water partition coefficient (Wildman–Crippen LogP) is 2.34. The third-order valence-electron chi connectivity index (χ3n) is 1.63. The van der Waals surface area contributed by atoms with Gasteiger partial charge in [0.1, 0.15) is 5.82 Å². The molecular weight excluding hydrogens is 249 g/mol. The molecule has 0 radical (unpaired) electrons. The van der Waals surface area contributed by atoms with Crippen molar-refractivity contribution in [3.8, 4) is 0 Å². The van der Waals surface area contributed by atoms with Crippen molar-refractivity contribution in [2.45, 2.75) is 11.8 Å². The van der Waals surface area contributed by atoms with Crippen molar-refractivity contribution in [3.63, 3.8) is 0 Å². The zero-order valence-electron chi connectivity index (χ0n) is 7.76. The summed E-state index contributed by atoms with van der Waals surface area (Å²) in [6, 6.07) is 5.62. The Balaban J connectivity index is 2.61. The first-order valence-electron chi connectivity index (χ1n) is 4.27. The molecule has 1 unspecified atom stereocenters. The summed E-state index contributed by atoms with van der Waals surface area (Å²) in [5, 5.41) is 2.67.